The monoisotopic (exact) mass is 307 g/mol. The van der Waals surface area contributed by atoms with Crippen LogP contribution in [0.1, 0.15) is 28.1 Å². The van der Waals surface area contributed by atoms with Gasteiger partial charge in [0.1, 0.15) is 5.69 Å². The quantitative estimate of drug-likeness (QED) is 0.787. The lowest BCUT2D eigenvalue weighted by atomic mass is 10.1. The number of aliphatic hydroxyl groups is 1. The van der Waals surface area contributed by atoms with Gasteiger partial charge in [-0.3, -0.25) is 0 Å². The number of para-hydroxylation sites is 1. The molecule has 0 radical (unpaired) electrons. The lowest BCUT2D eigenvalue weighted by Crippen LogP contribution is -2.07. The Hall–Kier alpha value is -2.46. The fraction of sp³-hybridized carbons (Fsp3) is 0.263. The van der Waals surface area contributed by atoms with E-state index in [0.717, 1.165) is 29.8 Å². The van der Waals surface area contributed by atoms with Crippen LogP contribution in [0, 0.1) is 13.8 Å². The van der Waals surface area contributed by atoms with Crippen molar-refractivity contribution in [2.45, 2.75) is 33.3 Å². The second-order valence-corrected chi connectivity index (χ2v) is 5.82. The van der Waals surface area contributed by atoms with Gasteiger partial charge >= 0.3 is 0 Å². The second kappa shape index (κ2) is 6.75. The first-order valence-corrected chi connectivity index (χ1v) is 7.85. The van der Waals surface area contributed by atoms with Gasteiger partial charge in [-0.1, -0.05) is 53.2 Å². The molecule has 4 nitrogen and oxygen atoms in total. The SMILES string of the molecule is Cc1ccc(CCc2c(CO)nnn2-c2ccccc2C)cc1. The van der Waals surface area contributed by atoms with E-state index in [1.807, 2.05) is 22.9 Å². The number of hydrogen-bond donors (Lipinski definition) is 1. The zero-order valence-electron chi connectivity index (χ0n) is 13.5. The standard InChI is InChI=1S/C19H21N3O/c1-14-7-9-16(10-8-14)11-12-19-17(13-23)20-21-22(19)18-6-4-3-5-15(18)2/h3-10,23H,11-13H2,1-2H3. The van der Waals surface area contributed by atoms with Crippen molar-refractivity contribution in [3.63, 3.8) is 0 Å². The highest BCUT2D eigenvalue weighted by atomic mass is 16.3. The molecule has 0 aliphatic heterocycles. The van der Waals surface area contributed by atoms with E-state index in [2.05, 4.69) is 54.5 Å². The summed E-state index contributed by atoms with van der Waals surface area (Å²) in [5, 5.41) is 18.0. The topological polar surface area (TPSA) is 50.9 Å². The maximum absolute atomic E-state index is 9.57. The average molecular weight is 307 g/mol. The number of aromatic nitrogens is 3. The summed E-state index contributed by atoms with van der Waals surface area (Å²) >= 11 is 0. The van der Waals surface area contributed by atoms with Crippen molar-refractivity contribution in [1.82, 2.24) is 15.0 Å². The fourth-order valence-corrected chi connectivity index (χ4v) is 2.72. The minimum atomic E-state index is -0.0882. The largest absolute Gasteiger partial charge is 0.390 e. The Kier molecular flexibility index (Phi) is 4.53. The van der Waals surface area contributed by atoms with E-state index in [0.29, 0.717) is 5.69 Å². The van der Waals surface area contributed by atoms with Crippen molar-refractivity contribution in [2.75, 3.05) is 0 Å². The number of benzene rings is 2. The van der Waals surface area contributed by atoms with Gasteiger partial charge in [0.2, 0.25) is 0 Å². The summed E-state index contributed by atoms with van der Waals surface area (Å²) in [5.74, 6) is 0. The molecule has 0 unspecified atom stereocenters. The zero-order valence-corrected chi connectivity index (χ0v) is 13.5. The van der Waals surface area contributed by atoms with Gasteiger partial charge < -0.3 is 5.11 Å². The summed E-state index contributed by atoms with van der Waals surface area (Å²) in [6.45, 7) is 4.05. The van der Waals surface area contributed by atoms with Crippen LogP contribution in [-0.2, 0) is 19.4 Å². The van der Waals surface area contributed by atoms with E-state index in [1.54, 1.807) is 0 Å². The third-order valence-electron chi connectivity index (χ3n) is 4.11. The van der Waals surface area contributed by atoms with Crippen LogP contribution in [0.4, 0.5) is 0 Å². The molecule has 0 bridgehead atoms. The van der Waals surface area contributed by atoms with Crippen molar-refractivity contribution in [2.24, 2.45) is 0 Å². The molecule has 0 amide bonds. The van der Waals surface area contributed by atoms with Crippen molar-refractivity contribution >= 4 is 0 Å². The molecule has 0 aliphatic rings. The summed E-state index contributed by atoms with van der Waals surface area (Å²) < 4.78 is 1.86. The number of rotatable bonds is 5. The van der Waals surface area contributed by atoms with Crippen LogP contribution < -0.4 is 0 Å². The Bertz CT molecular complexity index is 791. The van der Waals surface area contributed by atoms with Crippen molar-refractivity contribution in [3.8, 4) is 5.69 Å². The van der Waals surface area contributed by atoms with E-state index in [9.17, 15) is 5.11 Å². The molecule has 0 atom stereocenters. The summed E-state index contributed by atoms with van der Waals surface area (Å²) in [7, 11) is 0. The van der Waals surface area contributed by atoms with Crippen LogP contribution in [0.3, 0.4) is 0 Å². The number of aryl methyl sites for hydroxylation is 3. The molecule has 3 aromatic rings. The lowest BCUT2D eigenvalue weighted by molar-refractivity contribution is 0.275. The Morgan fingerprint density at radius 1 is 0.957 bits per heavy atom. The van der Waals surface area contributed by atoms with Crippen molar-refractivity contribution < 1.29 is 5.11 Å². The van der Waals surface area contributed by atoms with Gasteiger partial charge in [-0.2, -0.15) is 0 Å². The smallest absolute Gasteiger partial charge is 0.112 e. The molecular weight excluding hydrogens is 286 g/mol. The predicted molar refractivity (Wildman–Crippen MR) is 90.6 cm³/mol. The molecule has 0 saturated heterocycles. The molecule has 1 heterocycles. The Labute approximate surface area is 136 Å². The van der Waals surface area contributed by atoms with Gasteiger partial charge in [0.25, 0.3) is 0 Å². The van der Waals surface area contributed by atoms with Gasteiger partial charge in [0.15, 0.2) is 0 Å². The average Bonchev–Trinajstić information content (AvgIpc) is 2.97. The highest BCUT2D eigenvalue weighted by Gasteiger charge is 2.14. The van der Waals surface area contributed by atoms with Gasteiger partial charge in [0, 0.05) is 0 Å². The molecule has 0 fully saturated rings. The first-order chi connectivity index (χ1) is 11.2. The maximum Gasteiger partial charge on any atom is 0.112 e. The van der Waals surface area contributed by atoms with E-state index < -0.39 is 0 Å². The fourth-order valence-electron chi connectivity index (χ4n) is 2.72. The highest BCUT2D eigenvalue weighted by Crippen LogP contribution is 2.18. The molecular formula is C19H21N3O. The maximum atomic E-state index is 9.57. The molecule has 1 N–H and O–H groups in total. The van der Waals surface area contributed by atoms with Gasteiger partial charge in [-0.05, 0) is 43.9 Å². The predicted octanol–water partition coefficient (Wildman–Crippen LogP) is 3.16. The number of aliphatic hydroxyl groups excluding tert-OH is 1. The molecule has 0 spiro atoms. The second-order valence-electron chi connectivity index (χ2n) is 5.82. The molecule has 3 rings (SSSR count). The van der Waals surface area contributed by atoms with Gasteiger partial charge in [-0.25, -0.2) is 4.68 Å². The summed E-state index contributed by atoms with van der Waals surface area (Å²) in [4.78, 5) is 0. The van der Waals surface area contributed by atoms with Gasteiger partial charge in [0.05, 0.1) is 18.0 Å². The molecule has 1 aromatic heterocycles. The molecule has 23 heavy (non-hydrogen) atoms. The number of hydrogen-bond acceptors (Lipinski definition) is 3. The Morgan fingerprint density at radius 2 is 1.70 bits per heavy atom. The van der Waals surface area contributed by atoms with Crippen LogP contribution in [0.15, 0.2) is 48.5 Å². The minimum Gasteiger partial charge on any atom is -0.390 e. The van der Waals surface area contributed by atoms with Gasteiger partial charge in [-0.15, -0.1) is 5.10 Å². The molecule has 118 valence electrons. The van der Waals surface area contributed by atoms with E-state index >= 15 is 0 Å². The minimum absolute atomic E-state index is 0.0882. The van der Waals surface area contributed by atoms with Crippen molar-refractivity contribution in [1.29, 1.82) is 0 Å². The zero-order chi connectivity index (χ0) is 16.2. The third-order valence-corrected chi connectivity index (χ3v) is 4.11. The van der Waals surface area contributed by atoms with E-state index in [-0.39, 0.29) is 6.61 Å². The van der Waals surface area contributed by atoms with E-state index in [4.69, 9.17) is 0 Å². The lowest BCUT2D eigenvalue weighted by Gasteiger charge is -2.10. The molecule has 0 saturated carbocycles. The van der Waals surface area contributed by atoms with Crippen molar-refractivity contribution in [3.05, 3.63) is 76.6 Å². The highest BCUT2D eigenvalue weighted by molar-refractivity contribution is 5.41. The molecule has 2 aromatic carbocycles. The third kappa shape index (κ3) is 3.32. The summed E-state index contributed by atoms with van der Waals surface area (Å²) in [5.41, 5.74) is 6.31. The Morgan fingerprint density at radius 3 is 2.39 bits per heavy atom. The Balaban J connectivity index is 1.90. The molecule has 4 heteroatoms. The van der Waals surface area contributed by atoms with Crippen LogP contribution in [0.25, 0.3) is 5.69 Å². The summed E-state index contributed by atoms with van der Waals surface area (Å²) in [6.07, 6.45) is 1.69. The first kappa shape index (κ1) is 15.4. The van der Waals surface area contributed by atoms with Crippen LogP contribution in [0.2, 0.25) is 0 Å². The number of nitrogens with zero attached hydrogens (tertiary/aromatic N) is 3. The molecule has 0 aliphatic carbocycles. The van der Waals surface area contributed by atoms with Crippen LogP contribution in [0.5, 0.6) is 0 Å². The first-order valence-electron chi connectivity index (χ1n) is 7.85. The van der Waals surface area contributed by atoms with Crippen LogP contribution >= 0.6 is 0 Å². The normalized spacial score (nSPS) is 10.9. The van der Waals surface area contributed by atoms with E-state index in [1.165, 1.54) is 11.1 Å². The summed E-state index contributed by atoms with van der Waals surface area (Å²) in [6, 6.07) is 16.6. The van der Waals surface area contributed by atoms with Crippen LogP contribution in [-0.4, -0.2) is 20.1 Å².